The Kier molecular flexibility index (Phi) is 4.94. The van der Waals surface area contributed by atoms with Crippen LogP contribution in [0.3, 0.4) is 0 Å². The van der Waals surface area contributed by atoms with Gasteiger partial charge in [0.2, 0.25) is 5.91 Å². The Morgan fingerprint density at radius 1 is 1.41 bits per heavy atom. The predicted molar refractivity (Wildman–Crippen MR) is 67.7 cm³/mol. The molecule has 1 atom stereocenters. The molecular weight excluding hydrogens is 241 g/mol. The van der Waals surface area contributed by atoms with E-state index in [0.717, 1.165) is 0 Å². The van der Waals surface area contributed by atoms with Crippen LogP contribution in [0, 0.1) is 12.7 Å². The van der Waals surface area contributed by atoms with E-state index in [2.05, 4.69) is 0 Å². The van der Waals surface area contributed by atoms with Gasteiger partial charge in [-0.25, -0.2) is 4.39 Å². The molecule has 0 spiro atoms. The van der Waals surface area contributed by atoms with Crippen molar-refractivity contribution in [3.63, 3.8) is 0 Å². The summed E-state index contributed by atoms with van der Waals surface area (Å²) in [5.74, 6) is -0.421. The van der Waals surface area contributed by atoms with Crippen molar-refractivity contribution in [3.05, 3.63) is 35.1 Å². The van der Waals surface area contributed by atoms with E-state index in [4.69, 9.17) is 11.6 Å². The molecule has 0 aliphatic carbocycles. The van der Waals surface area contributed by atoms with Gasteiger partial charge < -0.3 is 4.90 Å². The Balaban J connectivity index is 2.92. The number of carbonyl (C=O) groups excluding carboxylic acids is 1. The van der Waals surface area contributed by atoms with Gasteiger partial charge in [-0.3, -0.25) is 4.79 Å². The molecule has 0 saturated carbocycles. The minimum atomic E-state index is -0.741. The molecule has 0 bridgehead atoms. The van der Waals surface area contributed by atoms with Crippen LogP contribution in [0.25, 0.3) is 0 Å². The summed E-state index contributed by atoms with van der Waals surface area (Å²) < 4.78 is 13.1. The number of amides is 1. The summed E-state index contributed by atoms with van der Waals surface area (Å²) in [5.41, 5.74) is 1.14. The van der Waals surface area contributed by atoms with Crippen molar-refractivity contribution < 1.29 is 9.18 Å². The Labute approximate surface area is 106 Å². The van der Waals surface area contributed by atoms with Crippen LogP contribution in [0.1, 0.15) is 30.4 Å². The van der Waals surface area contributed by atoms with Gasteiger partial charge >= 0.3 is 0 Å². The Morgan fingerprint density at radius 3 is 2.47 bits per heavy atom. The number of halogens is 2. The summed E-state index contributed by atoms with van der Waals surface area (Å²) in [6.07, 6.45) is 0. The first-order chi connectivity index (χ1) is 8.01. The highest BCUT2D eigenvalue weighted by molar-refractivity contribution is 6.30. The van der Waals surface area contributed by atoms with Gasteiger partial charge in [0.25, 0.3) is 0 Å². The van der Waals surface area contributed by atoms with Crippen LogP contribution >= 0.6 is 11.6 Å². The van der Waals surface area contributed by atoms with Gasteiger partial charge in [-0.2, -0.15) is 0 Å². The van der Waals surface area contributed by atoms with E-state index in [1.54, 1.807) is 24.0 Å². The van der Waals surface area contributed by atoms with E-state index >= 15 is 0 Å². The molecule has 0 heterocycles. The van der Waals surface area contributed by atoms with Crippen LogP contribution < -0.4 is 0 Å². The lowest BCUT2D eigenvalue weighted by atomic mass is 10.1. The first kappa shape index (κ1) is 14.0. The Morgan fingerprint density at radius 2 is 2.00 bits per heavy atom. The molecule has 0 aromatic heterocycles. The van der Waals surface area contributed by atoms with Gasteiger partial charge in [-0.05, 0) is 38.0 Å². The average molecular weight is 258 g/mol. The van der Waals surface area contributed by atoms with Crippen LogP contribution in [0.2, 0.25) is 0 Å². The second kappa shape index (κ2) is 6.01. The van der Waals surface area contributed by atoms with Crippen molar-refractivity contribution in [3.8, 4) is 0 Å². The number of carbonyl (C=O) groups is 1. The number of benzene rings is 1. The zero-order valence-electron chi connectivity index (χ0n) is 10.3. The molecule has 0 aliphatic rings. The smallest absolute Gasteiger partial charge is 0.245 e. The van der Waals surface area contributed by atoms with Crippen LogP contribution in [-0.4, -0.2) is 23.9 Å². The monoisotopic (exact) mass is 257 g/mol. The maximum Gasteiger partial charge on any atom is 0.245 e. The van der Waals surface area contributed by atoms with E-state index in [1.165, 1.54) is 6.07 Å². The molecule has 1 amide bonds. The minimum Gasteiger partial charge on any atom is -0.342 e. The molecule has 0 radical (unpaired) electrons. The second-order valence-corrected chi connectivity index (χ2v) is 4.32. The number of hydrogen-bond donors (Lipinski definition) is 0. The van der Waals surface area contributed by atoms with Crippen LogP contribution in [0.5, 0.6) is 0 Å². The fraction of sp³-hybridized carbons (Fsp3) is 0.462. The lowest BCUT2D eigenvalue weighted by molar-refractivity contribution is -0.130. The number of aryl methyl sites for hydroxylation is 1. The molecule has 1 aromatic carbocycles. The number of rotatable bonds is 4. The highest BCUT2D eigenvalue weighted by Crippen LogP contribution is 2.24. The van der Waals surface area contributed by atoms with Gasteiger partial charge in [-0.1, -0.05) is 12.1 Å². The molecule has 1 aromatic rings. The van der Waals surface area contributed by atoms with Gasteiger partial charge in [0, 0.05) is 13.1 Å². The van der Waals surface area contributed by atoms with Crippen molar-refractivity contribution in [2.24, 2.45) is 0 Å². The average Bonchev–Trinajstić information content (AvgIpc) is 2.33. The summed E-state index contributed by atoms with van der Waals surface area (Å²) >= 11 is 6.12. The summed E-state index contributed by atoms with van der Waals surface area (Å²) in [5, 5.41) is -0.741. The molecule has 0 fully saturated rings. The quantitative estimate of drug-likeness (QED) is 0.758. The third-order valence-corrected chi connectivity index (χ3v) is 3.21. The van der Waals surface area contributed by atoms with Gasteiger partial charge in [0.1, 0.15) is 11.2 Å². The normalized spacial score (nSPS) is 12.3. The Bertz CT molecular complexity index is 404. The molecule has 17 heavy (non-hydrogen) atoms. The Hall–Kier alpha value is -1.09. The minimum absolute atomic E-state index is 0.136. The second-order valence-electron chi connectivity index (χ2n) is 3.88. The van der Waals surface area contributed by atoms with E-state index in [1.807, 2.05) is 13.8 Å². The molecule has 0 aliphatic heterocycles. The lowest BCUT2D eigenvalue weighted by Crippen LogP contribution is -2.33. The molecule has 0 N–H and O–H groups in total. The highest BCUT2D eigenvalue weighted by Gasteiger charge is 2.22. The molecule has 2 nitrogen and oxygen atoms in total. The molecule has 4 heteroatoms. The number of nitrogens with zero attached hydrogens (tertiary/aromatic N) is 1. The molecule has 1 unspecified atom stereocenters. The van der Waals surface area contributed by atoms with Crippen molar-refractivity contribution in [2.75, 3.05) is 13.1 Å². The van der Waals surface area contributed by atoms with Gasteiger partial charge in [0.05, 0.1) is 0 Å². The van der Waals surface area contributed by atoms with Crippen molar-refractivity contribution in [2.45, 2.75) is 26.1 Å². The fourth-order valence-corrected chi connectivity index (χ4v) is 1.94. The van der Waals surface area contributed by atoms with E-state index < -0.39 is 5.38 Å². The molecule has 1 rings (SSSR count). The number of hydrogen-bond acceptors (Lipinski definition) is 1. The zero-order valence-corrected chi connectivity index (χ0v) is 11.1. The standard InChI is InChI=1S/C13H17ClFNO/c1-4-16(5-2)13(17)12(14)10-6-7-11(15)9(3)8-10/h6-8,12H,4-5H2,1-3H3. The summed E-state index contributed by atoms with van der Waals surface area (Å²) in [7, 11) is 0. The molecule has 0 saturated heterocycles. The van der Waals surface area contributed by atoms with E-state index in [-0.39, 0.29) is 11.7 Å². The SMILES string of the molecule is CCN(CC)C(=O)C(Cl)c1ccc(F)c(C)c1. The molecule has 94 valence electrons. The first-order valence-corrected chi connectivity index (χ1v) is 6.13. The maximum atomic E-state index is 13.1. The van der Waals surface area contributed by atoms with Gasteiger partial charge in [-0.15, -0.1) is 11.6 Å². The summed E-state index contributed by atoms with van der Waals surface area (Å²) in [6, 6.07) is 4.52. The predicted octanol–water partition coefficient (Wildman–Crippen LogP) is 3.28. The van der Waals surface area contributed by atoms with Crippen molar-refractivity contribution >= 4 is 17.5 Å². The van der Waals surface area contributed by atoms with E-state index in [0.29, 0.717) is 24.2 Å². The largest absolute Gasteiger partial charge is 0.342 e. The summed E-state index contributed by atoms with van der Waals surface area (Å²) in [4.78, 5) is 13.7. The van der Waals surface area contributed by atoms with Crippen LogP contribution in [0.15, 0.2) is 18.2 Å². The topological polar surface area (TPSA) is 20.3 Å². The molecular formula is C13H17ClFNO. The third-order valence-electron chi connectivity index (χ3n) is 2.77. The lowest BCUT2D eigenvalue weighted by Gasteiger charge is -2.22. The number of likely N-dealkylation sites (N-methyl/N-ethyl adjacent to an activating group) is 1. The first-order valence-electron chi connectivity index (χ1n) is 5.70. The number of alkyl halides is 1. The highest BCUT2D eigenvalue weighted by atomic mass is 35.5. The summed E-state index contributed by atoms with van der Waals surface area (Å²) in [6.45, 7) is 6.71. The third kappa shape index (κ3) is 3.19. The maximum absolute atomic E-state index is 13.1. The zero-order chi connectivity index (χ0) is 13.0. The fourth-order valence-electron chi connectivity index (χ4n) is 1.66. The van der Waals surface area contributed by atoms with E-state index in [9.17, 15) is 9.18 Å². The van der Waals surface area contributed by atoms with Gasteiger partial charge in [0.15, 0.2) is 0 Å². The van der Waals surface area contributed by atoms with Crippen LogP contribution in [0.4, 0.5) is 4.39 Å². The van der Waals surface area contributed by atoms with Crippen molar-refractivity contribution in [1.29, 1.82) is 0 Å². The van der Waals surface area contributed by atoms with Crippen LogP contribution in [-0.2, 0) is 4.79 Å². The van der Waals surface area contributed by atoms with Crippen molar-refractivity contribution in [1.82, 2.24) is 4.90 Å².